The molecule has 3 rings (SSSR count). The van der Waals surface area contributed by atoms with Crippen LogP contribution in [-0.4, -0.2) is 29.3 Å². The highest BCUT2D eigenvalue weighted by Gasteiger charge is 2.28. The summed E-state index contributed by atoms with van der Waals surface area (Å²) in [7, 11) is 0. The lowest BCUT2D eigenvalue weighted by Gasteiger charge is -2.25. The first kappa shape index (κ1) is 12.2. The number of aryl methyl sites for hydroxylation is 1. The van der Waals surface area contributed by atoms with E-state index < -0.39 is 0 Å². The van der Waals surface area contributed by atoms with Crippen molar-refractivity contribution in [1.29, 1.82) is 0 Å². The summed E-state index contributed by atoms with van der Waals surface area (Å²) in [5, 5.41) is 3.41. The molecule has 2 atom stereocenters. The Bertz CT molecular complexity index is 421. The standard InChI is InChI=1S/C14H23N3O/c1-3-14-16-12-8-15-6-4-13(12)17(14)10(2)11-5-7-18-9-11/h10-11,15H,3-9H2,1-2H3. The van der Waals surface area contributed by atoms with E-state index in [1.165, 1.54) is 23.6 Å². The van der Waals surface area contributed by atoms with Crippen LogP contribution in [0.1, 0.15) is 43.5 Å². The zero-order valence-electron chi connectivity index (χ0n) is 11.4. The summed E-state index contributed by atoms with van der Waals surface area (Å²) in [6, 6.07) is 0.525. The minimum absolute atomic E-state index is 0.525. The normalized spacial score (nSPS) is 25.1. The molecule has 1 fully saturated rings. The van der Waals surface area contributed by atoms with Gasteiger partial charge in [0.15, 0.2) is 0 Å². The van der Waals surface area contributed by atoms with Crippen molar-refractivity contribution in [2.45, 2.75) is 45.7 Å². The van der Waals surface area contributed by atoms with Crippen molar-refractivity contribution < 1.29 is 4.74 Å². The number of ether oxygens (including phenoxy) is 1. The second kappa shape index (κ2) is 5.02. The average molecular weight is 249 g/mol. The number of aromatic nitrogens is 2. The van der Waals surface area contributed by atoms with Crippen molar-refractivity contribution in [3.8, 4) is 0 Å². The molecule has 3 heterocycles. The van der Waals surface area contributed by atoms with E-state index in [1.54, 1.807) is 0 Å². The van der Waals surface area contributed by atoms with E-state index in [9.17, 15) is 0 Å². The van der Waals surface area contributed by atoms with Gasteiger partial charge in [0.05, 0.1) is 12.3 Å². The monoisotopic (exact) mass is 249 g/mol. The summed E-state index contributed by atoms with van der Waals surface area (Å²) in [6.07, 6.45) is 3.32. The van der Waals surface area contributed by atoms with Crippen LogP contribution in [0.4, 0.5) is 0 Å². The molecular formula is C14H23N3O. The van der Waals surface area contributed by atoms with Crippen LogP contribution in [0.15, 0.2) is 0 Å². The first-order chi connectivity index (χ1) is 8.81. The molecule has 2 aliphatic rings. The number of nitrogens with one attached hydrogen (secondary N) is 1. The molecule has 1 aromatic rings. The second-order valence-corrected chi connectivity index (χ2v) is 5.44. The van der Waals surface area contributed by atoms with Crippen LogP contribution in [-0.2, 0) is 24.1 Å². The Morgan fingerprint density at radius 1 is 1.56 bits per heavy atom. The Morgan fingerprint density at radius 2 is 2.44 bits per heavy atom. The van der Waals surface area contributed by atoms with Gasteiger partial charge < -0.3 is 14.6 Å². The number of rotatable bonds is 3. The van der Waals surface area contributed by atoms with Gasteiger partial charge in [-0.05, 0) is 13.3 Å². The molecule has 2 unspecified atom stereocenters. The van der Waals surface area contributed by atoms with Gasteiger partial charge in [0, 0.05) is 50.2 Å². The maximum atomic E-state index is 5.55. The van der Waals surface area contributed by atoms with Crippen LogP contribution >= 0.6 is 0 Å². The average Bonchev–Trinajstić information content (AvgIpc) is 3.04. The van der Waals surface area contributed by atoms with E-state index in [2.05, 4.69) is 23.7 Å². The molecule has 2 aliphatic heterocycles. The first-order valence-electron chi connectivity index (χ1n) is 7.18. The minimum atomic E-state index is 0.525. The Labute approximate surface area is 109 Å². The lowest BCUT2D eigenvalue weighted by molar-refractivity contribution is 0.174. The Balaban J connectivity index is 1.95. The van der Waals surface area contributed by atoms with Crippen molar-refractivity contribution in [3.63, 3.8) is 0 Å². The molecule has 1 saturated heterocycles. The van der Waals surface area contributed by atoms with E-state index in [0.29, 0.717) is 12.0 Å². The molecule has 0 amide bonds. The van der Waals surface area contributed by atoms with E-state index >= 15 is 0 Å². The summed E-state index contributed by atoms with van der Waals surface area (Å²) in [6.45, 7) is 8.39. The van der Waals surface area contributed by atoms with E-state index in [0.717, 1.165) is 39.1 Å². The molecule has 1 aromatic heterocycles. The van der Waals surface area contributed by atoms with Gasteiger partial charge in [0.1, 0.15) is 5.82 Å². The third-order valence-electron chi connectivity index (χ3n) is 4.37. The first-order valence-corrected chi connectivity index (χ1v) is 7.18. The van der Waals surface area contributed by atoms with Crippen LogP contribution in [0.3, 0.4) is 0 Å². The van der Waals surface area contributed by atoms with Gasteiger partial charge in [-0.25, -0.2) is 4.98 Å². The largest absolute Gasteiger partial charge is 0.381 e. The molecule has 4 heteroatoms. The van der Waals surface area contributed by atoms with Crippen LogP contribution in [0.25, 0.3) is 0 Å². The summed E-state index contributed by atoms with van der Waals surface area (Å²) in [4.78, 5) is 4.82. The quantitative estimate of drug-likeness (QED) is 0.886. The lowest BCUT2D eigenvalue weighted by Crippen LogP contribution is -2.27. The second-order valence-electron chi connectivity index (χ2n) is 5.44. The molecule has 0 aliphatic carbocycles. The smallest absolute Gasteiger partial charge is 0.109 e. The van der Waals surface area contributed by atoms with E-state index in [1.807, 2.05) is 0 Å². The van der Waals surface area contributed by atoms with Crippen LogP contribution in [0.2, 0.25) is 0 Å². The number of imidazole rings is 1. The summed E-state index contributed by atoms with van der Waals surface area (Å²) < 4.78 is 8.06. The number of hydrogen-bond donors (Lipinski definition) is 1. The van der Waals surface area contributed by atoms with Gasteiger partial charge in [-0.3, -0.25) is 0 Å². The molecule has 0 aromatic carbocycles. The zero-order valence-corrected chi connectivity index (χ0v) is 11.4. The molecule has 1 N–H and O–H groups in total. The molecule has 18 heavy (non-hydrogen) atoms. The van der Waals surface area contributed by atoms with Gasteiger partial charge in [0.25, 0.3) is 0 Å². The maximum Gasteiger partial charge on any atom is 0.109 e. The fraction of sp³-hybridized carbons (Fsp3) is 0.786. The Kier molecular flexibility index (Phi) is 3.39. The number of hydrogen-bond acceptors (Lipinski definition) is 3. The van der Waals surface area contributed by atoms with Crippen molar-refractivity contribution in [2.75, 3.05) is 19.8 Å². The minimum Gasteiger partial charge on any atom is -0.381 e. The van der Waals surface area contributed by atoms with Crippen LogP contribution in [0, 0.1) is 5.92 Å². The molecule has 0 radical (unpaired) electrons. The molecule has 100 valence electrons. The zero-order chi connectivity index (χ0) is 12.5. The maximum absolute atomic E-state index is 5.55. The van der Waals surface area contributed by atoms with Gasteiger partial charge in [0.2, 0.25) is 0 Å². The summed E-state index contributed by atoms with van der Waals surface area (Å²) >= 11 is 0. The van der Waals surface area contributed by atoms with Crippen LogP contribution < -0.4 is 5.32 Å². The van der Waals surface area contributed by atoms with E-state index in [-0.39, 0.29) is 0 Å². The molecule has 4 nitrogen and oxygen atoms in total. The summed E-state index contributed by atoms with van der Waals surface area (Å²) in [5.41, 5.74) is 2.73. The highest BCUT2D eigenvalue weighted by Crippen LogP contribution is 2.30. The van der Waals surface area contributed by atoms with E-state index in [4.69, 9.17) is 9.72 Å². The highest BCUT2D eigenvalue weighted by atomic mass is 16.5. The molecule has 0 bridgehead atoms. The van der Waals surface area contributed by atoms with Crippen molar-refractivity contribution >= 4 is 0 Å². The van der Waals surface area contributed by atoms with Crippen molar-refractivity contribution in [3.05, 3.63) is 17.2 Å². The highest BCUT2D eigenvalue weighted by molar-refractivity contribution is 5.21. The molecule has 0 saturated carbocycles. The van der Waals surface area contributed by atoms with Crippen molar-refractivity contribution in [1.82, 2.24) is 14.9 Å². The van der Waals surface area contributed by atoms with Crippen LogP contribution in [0.5, 0.6) is 0 Å². The molecular weight excluding hydrogens is 226 g/mol. The van der Waals surface area contributed by atoms with Gasteiger partial charge >= 0.3 is 0 Å². The Hall–Kier alpha value is -0.870. The number of fused-ring (bicyclic) bond motifs is 1. The molecule has 0 spiro atoms. The Morgan fingerprint density at radius 3 is 3.17 bits per heavy atom. The SMILES string of the molecule is CCc1nc2c(n1C(C)C1CCOC1)CCNC2. The van der Waals surface area contributed by atoms with Gasteiger partial charge in [-0.1, -0.05) is 6.92 Å². The summed E-state index contributed by atoms with van der Waals surface area (Å²) in [5.74, 6) is 1.91. The fourth-order valence-electron chi connectivity index (χ4n) is 3.26. The van der Waals surface area contributed by atoms with Crippen molar-refractivity contribution in [2.24, 2.45) is 5.92 Å². The topological polar surface area (TPSA) is 39.1 Å². The lowest BCUT2D eigenvalue weighted by atomic mass is 9.99. The third-order valence-corrected chi connectivity index (χ3v) is 4.37. The fourth-order valence-corrected chi connectivity index (χ4v) is 3.26. The van der Waals surface area contributed by atoms with Gasteiger partial charge in [-0.15, -0.1) is 0 Å². The number of nitrogens with zero attached hydrogens (tertiary/aromatic N) is 2. The third kappa shape index (κ3) is 1.97. The van der Waals surface area contributed by atoms with Gasteiger partial charge in [-0.2, -0.15) is 0 Å². The predicted molar refractivity (Wildman–Crippen MR) is 70.7 cm³/mol. The predicted octanol–water partition coefficient (Wildman–Crippen LogP) is 1.69.